The molecule has 0 atom stereocenters. The number of benzene rings is 1. The molecule has 0 saturated heterocycles. The van der Waals surface area contributed by atoms with Gasteiger partial charge in [-0.2, -0.15) is 0 Å². The zero-order valence-corrected chi connectivity index (χ0v) is 7.96. The maximum Gasteiger partial charge on any atom is 0.337 e. The number of esters is 1. The molecule has 0 amide bonds. The van der Waals surface area contributed by atoms with Crippen LogP contribution in [0.4, 0.5) is 5.69 Å². The predicted molar refractivity (Wildman–Crippen MR) is 53.1 cm³/mol. The fourth-order valence-electron chi connectivity index (χ4n) is 1.51. The summed E-state index contributed by atoms with van der Waals surface area (Å²) in [6.07, 6.45) is 0. The van der Waals surface area contributed by atoms with Gasteiger partial charge in [0.25, 0.3) is 0 Å². The Hall–Kier alpha value is -1.55. The van der Waals surface area contributed by atoms with Gasteiger partial charge in [0.1, 0.15) is 0 Å². The predicted octanol–water partition coefficient (Wildman–Crippen LogP) is 0.946. The summed E-state index contributed by atoms with van der Waals surface area (Å²) >= 11 is 0. The lowest BCUT2D eigenvalue weighted by Gasteiger charge is -2.19. The van der Waals surface area contributed by atoms with Crippen molar-refractivity contribution in [2.45, 2.75) is 6.54 Å². The van der Waals surface area contributed by atoms with E-state index in [0.29, 0.717) is 5.56 Å². The van der Waals surface area contributed by atoms with E-state index in [1.165, 1.54) is 7.11 Å². The molecule has 1 heterocycles. The Kier molecular flexibility index (Phi) is 2.37. The maximum atomic E-state index is 11.2. The van der Waals surface area contributed by atoms with E-state index < -0.39 is 0 Å². The van der Waals surface area contributed by atoms with Crippen LogP contribution in [-0.4, -0.2) is 19.7 Å². The van der Waals surface area contributed by atoms with Crippen LogP contribution in [0.15, 0.2) is 18.2 Å². The number of carbonyl (C=O) groups is 1. The van der Waals surface area contributed by atoms with Gasteiger partial charge in [0, 0.05) is 12.2 Å². The number of methoxy groups -OCH3 is 1. The molecule has 1 aliphatic heterocycles. The minimum atomic E-state index is -0.293. The van der Waals surface area contributed by atoms with Crippen LogP contribution in [0.1, 0.15) is 15.9 Å². The smallest absolute Gasteiger partial charge is 0.337 e. The monoisotopic (exact) mass is 192 g/mol. The van der Waals surface area contributed by atoms with Gasteiger partial charge in [0.2, 0.25) is 0 Å². The van der Waals surface area contributed by atoms with Crippen molar-refractivity contribution in [2.75, 3.05) is 19.1 Å². The molecule has 1 aromatic carbocycles. The third-order valence-corrected chi connectivity index (χ3v) is 2.25. The van der Waals surface area contributed by atoms with Crippen LogP contribution in [0.3, 0.4) is 0 Å². The number of anilines is 1. The van der Waals surface area contributed by atoms with Crippen molar-refractivity contribution >= 4 is 11.7 Å². The first-order valence-corrected chi connectivity index (χ1v) is 4.47. The lowest BCUT2D eigenvalue weighted by atomic mass is 10.1. The molecule has 0 aromatic heterocycles. The van der Waals surface area contributed by atoms with E-state index in [0.717, 1.165) is 24.5 Å². The van der Waals surface area contributed by atoms with E-state index >= 15 is 0 Å². The summed E-state index contributed by atoms with van der Waals surface area (Å²) in [6.45, 7) is 1.55. The number of fused-ring (bicyclic) bond motifs is 1. The van der Waals surface area contributed by atoms with Gasteiger partial charge < -0.3 is 10.1 Å². The van der Waals surface area contributed by atoms with Crippen molar-refractivity contribution in [3.8, 4) is 0 Å². The summed E-state index contributed by atoms with van der Waals surface area (Å²) in [5.41, 5.74) is 2.77. The molecule has 14 heavy (non-hydrogen) atoms. The summed E-state index contributed by atoms with van der Waals surface area (Å²) in [6, 6.07) is 5.52. The molecule has 74 valence electrons. The van der Waals surface area contributed by atoms with E-state index in [1.54, 1.807) is 6.07 Å². The van der Waals surface area contributed by atoms with Gasteiger partial charge in [-0.15, -0.1) is 0 Å². The molecule has 4 heteroatoms. The van der Waals surface area contributed by atoms with E-state index in [9.17, 15) is 4.79 Å². The van der Waals surface area contributed by atoms with Crippen LogP contribution < -0.4 is 10.6 Å². The third-order valence-electron chi connectivity index (χ3n) is 2.25. The van der Waals surface area contributed by atoms with Gasteiger partial charge in [-0.1, -0.05) is 0 Å². The fraction of sp³-hybridized carbons (Fsp3) is 0.300. The van der Waals surface area contributed by atoms with Crippen LogP contribution in [0.5, 0.6) is 0 Å². The van der Waals surface area contributed by atoms with Crippen molar-refractivity contribution in [3.05, 3.63) is 29.3 Å². The molecule has 2 rings (SSSR count). The lowest BCUT2D eigenvalue weighted by molar-refractivity contribution is 0.0600. The van der Waals surface area contributed by atoms with Gasteiger partial charge in [0.05, 0.1) is 19.3 Å². The van der Waals surface area contributed by atoms with Crippen LogP contribution in [0.25, 0.3) is 0 Å². The number of nitrogens with one attached hydrogen (secondary N) is 2. The summed E-state index contributed by atoms with van der Waals surface area (Å²) in [5, 5.41) is 6.35. The average Bonchev–Trinajstić information content (AvgIpc) is 2.27. The molecular formula is C10H12N2O2. The van der Waals surface area contributed by atoms with E-state index in [4.69, 9.17) is 0 Å². The first-order valence-electron chi connectivity index (χ1n) is 4.47. The van der Waals surface area contributed by atoms with E-state index in [2.05, 4.69) is 15.4 Å². The zero-order chi connectivity index (χ0) is 9.97. The van der Waals surface area contributed by atoms with Gasteiger partial charge >= 0.3 is 5.97 Å². The Bertz CT molecular complexity index is 363. The minimum Gasteiger partial charge on any atom is -0.465 e. The first-order chi connectivity index (χ1) is 6.81. The van der Waals surface area contributed by atoms with Crippen molar-refractivity contribution < 1.29 is 9.53 Å². The molecule has 0 spiro atoms. The van der Waals surface area contributed by atoms with Crippen molar-refractivity contribution in [2.24, 2.45) is 0 Å². The summed E-state index contributed by atoms with van der Waals surface area (Å²) < 4.78 is 4.65. The highest BCUT2D eigenvalue weighted by molar-refractivity contribution is 5.90. The molecule has 0 radical (unpaired) electrons. The molecule has 1 aromatic rings. The number of ether oxygens (including phenoxy) is 1. The first kappa shape index (κ1) is 9.02. The van der Waals surface area contributed by atoms with Crippen molar-refractivity contribution in [3.63, 3.8) is 0 Å². The van der Waals surface area contributed by atoms with Crippen LogP contribution >= 0.6 is 0 Å². The molecule has 0 unspecified atom stereocenters. The molecule has 0 bridgehead atoms. The largest absolute Gasteiger partial charge is 0.465 e. The van der Waals surface area contributed by atoms with E-state index in [1.807, 2.05) is 12.1 Å². The molecule has 0 fully saturated rings. The Balaban J connectivity index is 2.33. The Morgan fingerprint density at radius 1 is 1.50 bits per heavy atom. The topological polar surface area (TPSA) is 50.4 Å². The van der Waals surface area contributed by atoms with Gasteiger partial charge in [0.15, 0.2) is 0 Å². The number of hydrogen-bond acceptors (Lipinski definition) is 4. The second-order valence-electron chi connectivity index (χ2n) is 3.14. The zero-order valence-electron chi connectivity index (χ0n) is 7.96. The molecule has 0 aliphatic carbocycles. The summed E-state index contributed by atoms with van der Waals surface area (Å²) in [4.78, 5) is 11.2. The van der Waals surface area contributed by atoms with Crippen LogP contribution in [0, 0.1) is 0 Å². The lowest BCUT2D eigenvalue weighted by Crippen LogP contribution is -2.27. The highest BCUT2D eigenvalue weighted by Gasteiger charge is 2.11. The number of carbonyl (C=O) groups excluding carboxylic acids is 1. The van der Waals surface area contributed by atoms with Gasteiger partial charge in [-0.25, -0.2) is 4.79 Å². The Morgan fingerprint density at radius 2 is 2.36 bits per heavy atom. The number of rotatable bonds is 1. The normalized spacial score (nSPS) is 14.1. The summed E-state index contributed by atoms with van der Waals surface area (Å²) in [5.74, 6) is -0.293. The second kappa shape index (κ2) is 3.67. The SMILES string of the molecule is COC(=O)c1ccc2c(c1)CNCN2. The number of hydrogen-bond donors (Lipinski definition) is 2. The Labute approximate surface area is 82.3 Å². The van der Waals surface area contributed by atoms with Crippen LogP contribution in [-0.2, 0) is 11.3 Å². The highest BCUT2D eigenvalue weighted by atomic mass is 16.5. The highest BCUT2D eigenvalue weighted by Crippen LogP contribution is 2.19. The quantitative estimate of drug-likeness (QED) is 0.650. The van der Waals surface area contributed by atoms with Gasteiger partial charge in [-0.3, -0.25) is 5.32 Å². The van der Waals surface area contributed by atoms with E-state index in [-0.39, 0.29) is 5.97 Å². The molecule has 2 N–H and O–H groups in total. The fourth-order valence-corrected chi connectivity index (χ4v) is 1.51. The third kappa shape index (κ3) is 1.56. The van der Waals surface area contributed by atoms with Gasteiger partial charge in [-0.05, 0) is 23.8 Å². The second-order valence-corrected chi connectivity index (χ2v) is 3.14. The molecule has 4 nitrogen and oxygen atoms in total. The maximum absolute atomic E-state index is 11.2. The molecule has 1 aliphatic rings. The summed E-state index contributed by atoms with van der Waals surface area (Å²) in [7, 11) is 1.39. The van der Waals surface area contributed by atoms with Crippen molar-refractivity contribution in [1.82, 2.24) is 5.32 Å². The van der Waals surface area contributed by atoms with Crippen LogP contribution in [0.2, 0.25) is 0 Å². The molecule has 0 saturated carbocycles. The Morgan fingerprint density at radius 3 is 3.14 bits per heavy atom. The van der Waals surface area contributed by atoms with Crippen molar-refractivity contribution in [1.29, 1.82) is 0 Å². The standard InChI is InChI=1S/C10H12N2O2/c1-14-10(13)7-2-3-9-8(4-7)5-11-6-12-9/h2-4,11-12H,5-6H2,1H3. The molecular weight excluding hydrogens is 180 g/mol. The average molecular weight is 192 g/mol. The minimum absolute atomic E-state index is 0.293.